The van der Waals surface area contributed by atoms with Gasteiger partial charge in [-0.05, 0) is 55.0 Å². The second-order valence-corrected chi connectivity index (χ2v) is 10.1. The molecule has 10 nitrogen and oxygen atoms in total. The summed E-state index contributed by atoms with van der Waals surface area (Å²) in [7, 11) is -4.23. The van der Waals surface area contributed by atoms with Crippen LogP contribution >= 0.6 is 11.6 Å². The molecule has 1 N–H and O–H groups in total. The molecule has 3 aromatic carbocycles. The topological polar surface area (TPSA) is 138 Å². The van der Waals surface area contributed by atoms with Crippen LogP contribution in [0.2, 0.25) is 5.02 Å². The normalized spacial score (nSPS) is 11.3. The van der Waals surface area contributed by atoms with E-state index in [0.717, 1.165) is 10.0 Å². The zero-order valence-corrected chi connectivity index (χ0v) is 21.0. The molecule has 0 spiro atoms. The van der Waals surface area contributed by atoms with Crippen molar-refractivity contribution >= 4 is 55.8 Å². The van der Waals surface area contributed by atoms with Crippen molar-refractivity contribution in [3.63, 3.8) is 0 Å². The highest BCUT2D eigenvalue weighted by Gasteiger charge is 2.28. The number of ether oxygens (including phenoxy) is 1. The molecule has 0 saturated heterocycles. The SMILES string of the molecule is CCOC(=O)Cc1ccc(NC(=O)c2cc3cc(Cl)ccc3n2S(=O)(=O)c2ccccc2)c([N+](=O)[O-])c1. The van der Waals surface area contributed by atoms with Crippen LogP contribution in [0.5, 0.6) is 0 Å². The van der Waals surface area contributed by atoms with E-state index in [9.17, 15) is 28.1 Å². The average molecular weight is 542 g/mol. The summed E-state index contributed by atoms with van der Waals surface area (Å²) in [5, 5.41) is 14.9. The standard InChI is InChI=1S/C25H20ClN3O7S/c1-2-36-24(30)13-16-8-10-20(22(12-16)29(32)33)27-25(31)23-15-17-14-18(26)9-11-21(17)28(23)37(34,35)19-6-4-3-5-7-19/h3-12,14-15H,2,13H2,1H3,(H,27,31). The second kappa shape index (κ2) is 10.4. The maximum absolute atomic E-state index is 13.5. The number of hydrogen-bond acceptors (Lipinski definition) is 7. The second-order valence-electron chi connectivity index (χ2n) is 7.86. The molecule has 4 rings (SSSR count). The summed E-state index contributed by atoms with van der Waals surface area (Å²) in [5.74, 6) is -1.45. The van der Waals surface area contributed by atoms with Gasteiger partial charge in [0.25, 0.3) is 21.6 Å². The average Bonchev–Trinajstić information content (AvgIpc) is 3.25. The number of nitro groups is 1. The monoisotopic (exact) mass is 541 g/mol. The number of amides is 1. The predicted octanol–water partition coefficient (Wildman–Crippen LogP) is 4.80. The number of benzene rings is 3. The molecule has 0 saturated carbocycles. The van der Waals surface area contributed by atoms with Crippen LogP contribution in [-0.4, -0.2) is 35.8 Å². The minimum absolute atomic E-state index is 0.0502. The Labute approximate surface area is 216 Å². The van der Waals surface area contributed by atoms with Gasteiger partial charge in [0.2, 0.25) is 0 Å². The van der Waals surface area contributed by atoms with Crippen LogP contribution < -0.4 is 5.32 Å². The van der Waals surface area contributed by atoms with E-state index in [-0.39, 0.29) is 34.8 Å². The minimum atomic E-state index is -4.23. The molecular weight excluding hydrogens is 522 g/mol. The smallest absolute Gasteiger partial charge is 0.310 e. The number of rotatable bonds is 8. The Morgan fingerprint density at radius 3 is 2.46 bits per heavy atom. The number of aromatic nitrogens is 1. The Hall–Kier alpha value is -4.22. The highest BCUT2D eigenvalue weighted by molar-refractivity contribution is 7.90. The van der Waals surface area contributed by atoms with Gasteiger partial charge in [-0.3, -0.25) is 19.7 Å². The molecule has 0 bridgehead atoms. The summed E-state index contributed by atoms with van der Waals surface area (Å²) in [5.41, 5.74) is -0.386. The fourth-order valence-electron chi connectivity index (χ4n) is 3.79. The lowest BCUT2D eigenvalue weighted by Gasteiger charge is -2.13. The van der Waals surface area contributed by atoms with Crippen molar-refractivity contribution in [2.45, 2.75) is 18.2 Å². The fourth-order valence-corrected chi connectivity index (χ4v) is 5.50. The van der Waals surface area contributed by atoms with Crippen LogP contribution in [0, 0.1) is 10.1 Å². The van der Waals surface area contributed by atoms with Gasteiger partial charge in [0.15, 0.2) is 0 Å². The fraction of sp³-hybridized carbons (Fsp3) is 0.120. The highest BCUT2D eigenvalue weighted by atomic mass is 35.5. The van der Waals surface area contributed by atoms with Crippen molar-refractivity contribution in [3.05, 3.63) is 99.2 Å². The summed E-state index contributed by atoms with van der Waals surface area (Å²) in [4.78, 5) is 36.1. The number of fused-ring (bicyclic) bond motifs is 1. The third-order valence-corrected chi connectivity index (χ3v) is 7.37. The van der Waals surface area contributed by atoms with Crippen LogP contribution in [0.4, 0.5) is 11.4 Å². The molecule has 1 aromatic heterocycles. The van der Waals surface area contributed by atoms with Crippen LogP contribution in [0.1, 0.15) is 23.0 Å². The number of carbonyl (C=O) groups is 2. The number of hydrogen-bond donors (Lipinski definition) is 1. The van der Waals surface area contributed by atoms with Gasteiger partial charge in [-0.1, -0.05) is 35.9 Å². The molecule has 0 aliphatic rings. The molecular formula is C25H20ClN3O7S. The molecule has 0 fully saturated rings. The molecule has 1 amide bonds. The third kappa shape index (κ3) is 5.32. The van der Waals surface area contributed by atoms with Gasteiger partial charge in [-0.15, -0.1) is 0 Å². The quantitative estimate of drug-likeness (QED) is 0.192. The summed E-state index contributed by atoms with van der Waals surface area (Å²) >= 11 is 6.08. The maximum atomic E-state index is 13.5. The molecule has 0 aliphatic carbocycles. The van der Waals surface area contributed by atoms with Gasteiger partial charge >= 0.3 is 5.97 Å². The molecule has 0 unspecified atom stereocenters. The largest absolute Gasteiger partial charge is 0.466 e. The molecule has 1 heterocycles. The van der Waals surface area contributed by atoms with Crippen molar-refractivity contribution in [3.8, 4) is 0 Å². The Morgan fingerprint density at radius 1 is 1.05 bits per heavy atom. The molecule has 0 atom stereocenters. The molecule has 0 radical (unpaired) electrons. The maximum Gasteiger partial charge on any atom is 0.310 e. The lowest BCUT2D eigenvalue weighted by molar-refractivity contribution is -0.384. The summed E-state index contributed by atoms with van der Waals surface area (Å²) in [6.45, 7) is 1.81. The van der Waals surface area contributed by atoms with Crippen LogP contribution in [0.25, 0.3) is 10.9 Å². The number of esters is 1. The zero-order valence-electron chi connectivity index (χ0n) is 19.4. The first-order chi connectivity index (χ1) is 17.6. The number of nitro benzene ring substituents is 1. The van der Waals surface area contributed by atoms with Gasteiger partial charge < -0.3 is 10.1 Å². The first kappa shape index (κ1) is 25.9. The molecule has 0 aliphatic heterocycles. The van der Waals surface area contributed by atoms with Crippen LogP contribution in [-0.2, 0) is 26.0 Å². The Kier molecular flexibility index (Phi) is 7.28. The van der Waals surface area contributed by atoms with Crippen molar-refractivity contribution < 1.29 is 27.7 Å². The van der Waals surface area contributed by atoms with Crippen molar-refractivity contribution in [2.75, 3.05) is 11.9 Å². The van der Waals surface area contributed by atoms with E-state index in [1.165, 1.54) is 48.5 Å². The first-order valence-electron chi connectivity index (χ1n) is 11.0. The Balaban J connectivity index is 1.78. The number of nitrogens with zero attached hydrogens (tertiary/aromatic N) is 2. The van der Waals surface area contributed by atoms with Crippen molar-refractivity contribution in [2.24, 2.45) is 0 Å². The van der Waals surface area contributed by atoms with E-state index in [1.807, 2.05) is 0 Å². The van der Waals surface area contributed by atoms with E-state index < -0.39 is 32.5 Å². The van der Waals surface area contributed by atoms with Crippen molar-refractivity contribution in [1.82, 2.24) is 3.97 Å². The van der Waals surface area contributed by atoms with Crippen LogP contribution in [0.15, 0.2) is 77.7 Å². The molecule has 4 aromatic rings. The Morgan fingerprint density at radius 2 is 1.78 bits per heavy atom. The lowest BCUT2D eigenvalue weighted by atomic mass is 10.1. The number of carbonyl (C=O) groups excluding carboxylic acids is 2. The molecule has 190 valence electrons. The van der Waals surface area contributed by atoms with Gasteiger partial charge in [-0.25, -0.2) is 12.4 Å². The molecule has 37 heavy (non-hydrogen) atoms. The van der Waals surface area contributed by atoms with Gasteiger partial charge in [0.1, 0.15) is 11.4 Å². The Bertz CT molecular complexity index is 1630. The first-order valence-corrected chi connectivity index (χ1v) is 12.8. The summed E-state index contributed by atoms with van der Waals surface area (Å²) in [6.07, 6.45) is -0.187. The van der Waals surface area contributed by atoms with Gasteiger partial charge in [-0.2, -0.15) is 0 Å². The van der Waals surface area contributed by atoms with Crippen molar-refractivity contribution in [1.29, 1.82) is 0 Å². The van der Waals surface area contributed by atoms with Gasteiger partial charge in [0, 0.05) is 16.5 Å². The van der Waals surface area contributed by atoms with E-state index in [0.29, 0.717) is 16.0 Å². The number of halogens is 1. The van der Waals surface area contributed by atoms with E-state index in [1.54, 1.807) is 25.1 Å². The zero-order chi connectivity index (χ0) is 26.7. The number of nitrogens with one attached hydrogen (secondary N) is 1. The predicted molar refractivity (Wildman–Crippen MR) is 137 cm³/mol. The highest BCUT2D eigenvalue weighted by Crippen LogP contribution is 2.30. The van der Waals surface area contributed by atoms with E-state index >= 15 is 0 Å². The lowest BCUT2D eigenvalue weighted by Crippen LogP contribution is -2.22. The summed E-state index contributed by atoms with van der Waals surface area (Å²) < 4.78 is 32.8. The van der Waals surface area contributed by atoms with Gasteiger partial charge in [0.05, 0.1) is 28.4 Å². The third-order valence-electron chi connectivity index (χ3n) is 5.39. The number of anilines is 1. The van der Waals surface area contributed by atoms with E-state index in [4.69, 9.17) is 16.3 Å². The minimum Gasteiger partial charge on any atom is -0.466 e. The van der Waals surface area contributed by atoms with Crippen LogP contribution in [0.3, 0.4) is 0 Å². The molecule has 12 heteroatoms. The van der Waals surface area contributed by atoms with E-state index in [2.05, 4.69) is 5.32 Å². The summed E-state index contributed by atoms with van der Waals surface area (Å²) in [6, 6.07) is 17.3.